The Morgan fingerprint density at radius 3 is 2.64 bits per heavy atom. The van der Waals surface area contributed by atoms with Gasteiger partial charge in [0.25, 0.3) is 5.91 Å². The molecule has 7 nitrogen and oxygen atoms in total. The van der Waals surface area contributed by atoms with Crippen LogP contribution >= 0.6 is 0 Å². The maximum atomic E-state index is 13.1. The van der Waals surface area contributed by atoms with Gasteiger partial charge in [0.2, 0.25) is 5.78 Å². The quantitative estimate of drug-likeness (QED) is 0.715. The highest BCUT2D eigenvalue weighted by Gasteiger charge is 2.40. The number of amides is 1. The number of carbonyl (C=O) groups is 2. The zero-order valence-corrected chi connectivity index (χ0v) is 15.6. The molecule has 3 aromatic rings. The fourth-order valence-corrected chi connectivity index (χ4v) is 3.33. The van der Waals surface area contributed by atoms with Crippen molar-refractivity contribution in [2.75, 3.05) is 0 Å². The van der Waals surface area contributed by atoms with Crippen LogP contribution in [0.1, 0.15) is 40.3 Å². The van der Waals surface area contributed by atoms with E-state index in [9.17, 15) is 9.59 Å². The van der Waals surface area contributed by atoms with Crippen molar-refractivity contribution in [2.24, 2.45) is 10.5 Å². The SMILES string of the molecule is CC1(C)Cc2c(cnn2-c2ccccc2)C(=O)/C1=N\NC(=O)c1cccnc1. The van der Waals surface area contributed by atoms with Crippen molar-refractivity contribution < 1.29 is 9.59 Å². The van der Waals surface area contributed by atoms with Crippen molar-refractivity contribution in [1.29, 1.82) is 0 Å². The monoisotopic (exact) mass is 373 g/mol. The second kappa shape index (κ2) is 6.84. The van der Waals surface area contributed by atoms with E-state index in [4.69, 9.17) is 0 Å². The summed E-state index contributed by atoms with van der Waals surface area (Å²) in [4.78, 5) is 29.3. The minimum Gasteiger partial charge on any atom is -0.287 e. The van der Waals surface area contributed by atoms with E-state index in [1.165, 1.54) is 6.20 Å². The minimum absolute atomic E-state index is 0.222. The summed E-state index contributed by atoms with van der Waals surface area (Å²) in [5, 5.41) is 8.58. The first-order valence-electron chi connectivity index (χ1n) is 8.93. The molecular weight excluding hydrogens is 354 g/mol. The van der Waals surface area contributed by atoms with Gasteiger partial charge in [-0.25, -0.2) is 10.1 Å². The van der Waals surface area contributed by atoms with E-state index in [-0.39, 0.29) is 5.78 Å². The number of hydrogen-bond acceptors (Lipinski definition) is 5. The zero-order valence-electron chi connectivity index (χ0n) is 15.6. The first-order valence-corrected chi connectivity index (χ1v) is 8.93. The Bertz CT molecular complexity index is 1070. The molecule has 0 unspecified atom stereocenters. The molecule has 0 bridgehead atoms. The number of aromatic nitrogens is 3. The highest BCUT2D eigenvalue weighted by molar-refractivity contribution is 6.48. The van der Waals surface area contributed by atoms with Gasteiger partial charge in [-0.15, -0.1) is 0 Å². The minimum atomic E-state index is -0.557. The molecule has 7 heteroatoms. The molecule has 4 rings (SSSR count). The van der Waals surface area contributed by atoms with E-state index in [1.807, 2.05) is 44.2 Å². The average molecular weight is 373 g/mol. The molecule has 0 spiro atoms. The highest BCUT2D eigenvalue weighted by atomic mass is 16.2. The molecule has 1 aromatic carbocycles. The Morgan fingerprint density at radius 1 is 1.14 bits per heavy atom. The van der Waals surface area contributed by atoms with Crippen LogP contribution in [0.5, 0.6) is 0 Å². The van der Waals surface area contributed by atoms with Crippen molar-refractivity contribution in [3.63, 3.8) is 0 Å². The lowest BCUT2D eigenvalue weighted by Gasteiger charge is -2.30. The van der Waals surface area contributed by atoms with Crippen LogP contribution in [0.4, 0.5) is 0 Å². The summed E-state index contributed by atoms with van der Waals surface area (Å²) >= 11 is 0. The molecule has 0 radical (unpaired) electrons. The third-order valence-corrected chi connectivity index (χ3v) is 4.77. The number of para-hydroxylation sites is 1. The molecule has 0 saturated heterocycles. The van der Waals surface area contributed by atoms with E-state index in [1.54, 1.807) is 29.2 Å². The summed E-state index contributed by atoms with van der Waals surface area (Å²) in [6, 6.07) is 13.0. The molecule has 28 heavy (non-hydrogen) atoms. The van der Waals surface area contributed by atoms with Crippen LogP contribution in [0, 0.1) is 5.41 Å². The largest absolute Gasteiger partial charge is 0.287 e. The third-order valence-electron chi connectivity index (χ3n) is 4.77. The van der Waals surface area contributed by atoms with Crippen LogP contribution in [0.3, 0.4) is 0 Å². The lowest BCUT2D eigenvalue weighted by atomic mass is 9.74. The summed E-state index contributed by atoms with van der Waals surface area (Å²) in [6.45, 7) is 3.87. The first-order chi connectivity index (χ1) is 13.5. The van der Waals surface area contributed by atoms with Crippen LogP contribution in [0.2, 0.25) is 0 Å². The van der Waals surface area contributed by atoms with Gasteiger partial charge >= 0.3 is 0 Å². The number of Topliss-reactive ketones (excluding diaryl/α,β-unsaturated/α-hetero) is 1. The molecule has 0 aliphatic heterocycles. The van der Waals surface area contributed by atoms with E-state index >= 15 is 0 Å². The van der Waals surface area contributed by atoms with Gasteiger partial charge in [-0.1, -0.05) is 32.0 Å². The summed E-state index contributed by atoms with van der Waals surface area (Å²) < 4.78 is 1.79. The number of fused-ring (bicyclic) bond motifs is 1. The number of hydrazone groups is 1. The van der Waals surface area contributed by atoms with E-state index in [0.717, 1.165) is 11.4 Å². The molecule has 1 N–H and O–H groups in total. The molecule has 2 aromatic heterocycles. The Kier molecular flexibility index (Phi) is 4.35. The van der Waals surface area contributed by atoms with Crippen LogP contribution in [-0.4, -0.2) is 32.2 Å². The Morgan fingerprint density at radius 2 is 1.93 bits per heavy atom. The predicted molar refractivity (Wildman–Crippen MR) is 105 cm³/mol. The average Bonchev–Trinajstić information content (AvgIpc) is 3.11. The van der Waals surface area contributed by atoms with Gasteiger partial charge in [-0.3, -0.25) is 14.6 Å². The zero-order chi connectivity index (χ0) is 19.7. The number of ketones is 1. The van der Waals surface area contributed by atoms with Gasteiger partial charge < -0.3 is 0 Å². The smallest absolute Gasteiger partial charge is 0.272 e. The lowest BCUT2D eigenvalue weighted by molar-refractivity contribution is 0.0953. The van der Waals surface area contributed by atoms with Crippen molar-refractivity contribution >= 4 is 17.4 Å². The highest BCUT2D eigenvalue weighted by Crippen LogP contribution is 2.34. The molecule has 1 aliphatic rings. The van der Waals surface area contributed by atoms with Crippen LogP contribution < -0.4 is 5.43 Å². The summed E-state index contributed by atoms with van der Waals surface area (Å²) in [5.41, 5.74) is 4.88. The van der Waals surface area contributed by atoms with Crippen molar-refractivity contribution in [2.45, 2.75) is 20.3 Å². The number of rotatable bonds is 3. The summed E-state index contributed by atoms with van der Waals surface area (Å²) in [6.07, 6.45) is 5.18. The summed E-state index contributed by atoms with van der Waals surface area (Å²) in [5.74, 6) is -0.630. The molecule has 1 amide bonds. The maximum absolute atomic E-state index is 13.1. The molecule has 2 heterocycles. The van der Waals surface area contributed by atoms with Gasteiger partial charge in [0, 0.05) is 24.2 Å². The lowest BCUT2D eigenvalue weighted by Crippen LogP contribution is -2.40. The van der Waals surface area contributed by atoms with Crippen molar-refractivity contribution in [1.82, 2.24) is 20.2 Å². The second-order valence-electron chi connectivity index (χ2n) is 7.29. The van der Waals surface area contributed by atoms with Crippen molar-refractivity contribution in [3.8, 4) is 5.69 Å². The Labute approximate surface area is 162 Å². The Balaban J connectivity index is 1.66. The molecule has 0 fully saturated rings. The Hall–Kier alpha value is -3.61. The van der Waals surface area contributed by atoms with Crippen LogP contribution in [-0.2, 0) is 6.42 Å². The van der Waals surface area contributed by atoms with Crippen LogP contribution in [0.15, 0.2) is 66.2 Å². The summed E-state index contributed by atoms with van der Waals surface area (Å²) in [7, 11) is 0. The second-order valence-corrected chi connectivity index (χ2v) is 7.29. The van der Waals surface area contributed by atoms with Gasteiger partial charge in [0.1, 0.15) is 5.71 Å². The number of carbonyl (C=O) groups excluding carboxylic acids is 2. The van der Waals surface area contributed by atoms with Gasteiger partial charge in [0.15, 0.2) is 0 Å². The van der Waals surface area contributed by atoms with Crippen LogP contribution in [0.25, 0.3) is 5.69 Å². The topological polar surface area (TPSA) is 89.2 Å². The van der Waals surface area contributed by atoms with E-state index < -0.39 is 11.3 Å². The van der Waals surface area contributed by atoms with Gasteiger partial charge in [-0.05, 0) is 24.3 Å². The molecule has 0 saturated carbocycles. The number of benzene rings is 1. The van der Waals surface area contributed by atoms with E-state index in [0.29, 0.717) is 23.3 Å². The third kappa shape index (κ3) is 3.11. The molecular formula is C21H19N5O2. The first kappa shape index (κ1) is 17.8. The number of nitrogens with one attached hydrogen (secondary N) is 1. The molecule has 1 aliphatic carbocycles. The van der Waals surface area contributed by atoms with Gasteiger partial charge in [-0.2, -0.15) is 10.2 Å². The van der Waals surface area contributed by atoms with E-state index in [2.05, 4.69) is 20.6 Å². The fraction of sp³-hybridized carbons (Fsp3) is 0.190. The maximum Gasteiger partial charge on any atom is 0.272 e. The van der Waals surface area contributed by atoms with Crippen molar-refractivity contribution in [3.05, 3.63) is 77.9 Å². The fourth-order valence-electron chi connectivity index (χ4n) is 3.33. The number of nitrogens with zero attached hydrogens (tertiary/aromatic N) is 4. The van der Waals surface area contributed by atoms with Gasteiger partial charge in [0.05, 0.1) is 28.7 Å². The molecule has 0 atom stereocenters. The number of hydrogen-bond donors (Lipinski definition) is 1. The standard InChI is InChI=1S/C21H19N5O2/c1-21(2)11-17-16(13-23-26(17)15-8-4-3-5-9-15)18(27)19(21)24-25-20(28)14-7-6-10-22-12-14/h3-10,12-13H,11H2,1-2H3,(H,25,28)/b24-19+. The normalized spacial score (nSPS) is 16.6. The molecule has 140 valence electrons. The predicted octanol–water partition coefficient (Wildman–Crippen LogP) is 2.82. The number of pyridine rings is 1.